The highest BCUT2D eigenvalue weighted by Crippen LogP contribution is 2.26. The summed E-state index contributed by atoms with van der Waals surface area (Å²) in [5.41, 5.74) is -1.87. The zero-order chi connectivity index (χ0) is 21.3. The Morgan fingerprint density at radius 2 is 2.00 bits per heavy atom. The van der Waals surface area contributed by atoms with E-state index in [1.54, 1.807) is 0 Å². The van der Waals surface area contributed by atoms with Gasteiger partial charge in [-0.3, -0.25) is 24.5 Å². The van der Waals surface area contributed by atoms with Gasteiger partial charge in [0.1, 0.15) is 5.82 Å². The monoisotopic (exact) mass is 403 g/mol. The van der Waals surface area contributed by atoms with Gasteiger partial charge in [-0.05, 0) is 24.1 Å². The number of benzene rings is 1. The van der Waals surface area contributed by atoms with Crippen molar-refractivity contribution in [3.8, 4) is 0 Å². The summed E-state index contributed by atoms with van der Waals surface area (Å²) < 4.78 is 19.5. The number of carbonyl (C=O) groups is 3. The predicted octanol–water partition coefficient (Wildman–Crippen LogP) is 1.45. The molecule has 0 radical (unpaired) electrons. The number of rotatable bonds is 5. The number of pyridine rings is 1. The number of amides is 1. The fraction of sp³-hybridized carbons (Fsp3) is 0.222. The third-order valence-electron chi connectivity index (χ3n) is 4.39. The van der Waals surface area contributed by atoms with Gasteiger partial charge in [-0.15, -0.1) is 0 Å². The number of aryl methyl sites for hydroxylation is 1. The number of hydrogen-bond donors (Lipinski definition) is 1. The molecule has 10 nitrogen and oxygen atoms in total. The molecule has 2 aromatic rings. The Morgan fingerprint density at radius 3 is 2.66 bits per heavy atom. The highest BCUT2D eigenvalue weighted by molar-refractivity contribution is 5.99. The van der Waals surface area contributed by atoms with Crippen LogP contribution >= 0.6 is 0 Å². The normalized spacial score (nSPS) is 12.7. The number of halogens is 1. The maximum absolute atomic E-state index is 14.4. The summed E-state index contributed by atoms with van der Waals surface area (Å²) in [6.45, 7) is -0.730. The second-order valence-corrected chi connectivity index (χ2v) is 6.26. The van der Waals surface area contributed by atoms with Crippen LogP contribution in [0.4, 0.5) is 15.8 Å². The van der Waals surface area contributed by atoms with Gasteiger partial charge in [-0.1, -0.05) is 0 Å². The highest BCUT2D eigenvalue weighted by atomic mass is 19.1. The minimum atomic E-state index is -1.12. The Balaban J connectivity index is 2.00. The van der Waals surface area contributed by atoms with Crippen LogP contribution in [0.5, 0.6) is 0 Å². The molecule has 2 heterocycles. The van der Waals surface area contributed by atoms with Gasteiger partial charge in [0.2, 0.25) is 5.91 Å². The summed E-state index contributed by atoms with van der Waals surface area (Å²) in [7, 11) is 1.05. The van der Waals surface area contributed by atoms with E-state index in [0.29, 0.717) is 16.6 Å². The first-order chi connectivity index (χ1) is 13.7. The van der Waals surface area contributed by atoms with E-state index in [-0.39, 0.29) is 29.1 Å². The van der Waals surface area contributed by atoms with E-state index in [0.717, 1.165) is 25.4 Å². The minimum absolute atomic E-state index is 0.180. The van der Waals surface area contributed by atoms with Crippen LogP contribution in [-0.4, -0.2) is 34.3 Å². The molecule has 1 aromatic heterocycles. The number of nitrogens with one attached hydrogen (secondary N) is 1. The third kappa shape index (κ3) is 3.88. The number of fused-ring (bicyclic) bond motifs is 1. The quantitative estimate of drug-likeness (QED) is 0.345. The lowest BCUT2D eigenvalue weighted by atomic mass is 9.98. The van der Waals surface area contributed by atoms with Crippen molar-refractivity contribution in [1.82, 2.24) is 4.57 Å². The average Bonchev–Trinajstić information content (AvgIpc) is 2.67. The molecule has 0 aliphatic carbocycles. The number of nitrogens with zero attached hydrogens (tertiary/aromatic N) is 2. The van der Waals surface area contributed by atoms with Gasteiger partial charge in [-0.2, -0.15) is 0 Å². The van der Waals surface area contributed by atoms with Crippen molar-refractivity contribution in [2.75, 3.05) is 12.4 Å². The van der Waals surface area contributed by atoms with E-state index >= 15 is 0 Å². The topological polar surface area (TPSA) is 138 Å². The second kappa shape index (κ2) is 7.62. The number of esters is 1. The van der Waals surface area contributed by atoms with Crippen LogP contribution in [0.1, 0.15) is 32.7 Å². The molecule has 0 saturated heterocycles. The molecular formula is C18H14FN3O7. The maximum atomic E-state index is 14.4. The third-order valence-corrected chi connectivity index (χ3v) is 4.39. The van der Waals surface area contributed by atoms with Crippen molar-refractivity contribution in [3.05, 3.63) is 67.4 Å². The van der Waals surface area contributed by atoms with Gasteiger partial charge in [0.15, 0.2) is 5.78 Å². The number of hydrogen-bond acceptors (Lipinski definition) is 7. The number of nitro groups is 1. The molecule has 11 heteroatoms. The van der Waals surface area contributed by atoms with Crippen molar-refractivity contribution < 1.29 is 28.4 Å². The Labute approximate surface area is 162 Å². The second-order valence-electron chi connectivity index (χ2n) is 6.26. The first kappa shape index (κ1) is 19.9. The molecule has 1 N–H and O–H groups in total. The van der Waals surface area contributed by atoms with Gasteiger partial charge >= 0.3 is 17.2 Å². The van der Waals surface area contributed by atoms with Crippen molar-refractivity contribution in [2.45, 2.75) is 19.4 Å². The van der Waals surface area contributed by atoms with Crippen molar-refractivity contribution in [1.29, 1.82) is 0 Å². The van der Waals surface area contributed by atoms with E-state index in [1.165, 1.54) is 6.07 Å². The van der Waals surface area contributed by atoms with Crippen molar-refractivity contribution in [2.24, 2.45) is 0 Å². The minimum Gasteiger partial charge on any atom is -0.465 e. The average molecular weight is 403 g/mol. The van der Waals surface area contributed by atoms with Crippen LogP contribution in [0, 0.1) is 15.9 Å². The van der Waals surface area contributed by atoms with E-state index in [1.807, 2.05) is 0 Å². The Morgan fingerprint density at radius 1 is 1.28 bits per heavy atom. The fourth-order valence-electron chi connectivity index (χ4n) is 2.95. The van der Waals surface area contributed by atoms with Gasteiger partial charge < -0.3 is 14.6 Å². The molecule has 0 bridgehead atoms. The number of ketones is 1. The van der Waals surface area contributed by atoms with Crippen LogP contribution in [0.2, 0.25) is 0 Å². The molecular weight excluding hydrogens is 389 g/mol. The van der Waals surface area contributed by atoms with E-state index < -0.39 is 40.3 Å². The molecule has 0 saturated carbocycles. The molecule has 150 valence electrons. The number of methoxy groups -OCH3 is 1. The lowest BCUT2D eigenvalue weighted by molar-refractivity contribution is -0.386. The SMILES string of the molecule is COC(=O)c1cc([N+](=O)[O-])c(=O)n(CC(=O)c2cc3c(cc2F)NC(=O)CC3)c1. The largest absolute Gasteiger partial charge is 0.465 e. The number of aromatic nitrogens is 1. The van der Waals surface area contributed by atoms with Crippen LogP contribution < -0.4 is 10.9 Å². The molecule has 1 amide bonds. The van der Waals surface area contributed by atoms with Gasteiger partial charge in [-0.25, -0.2) is 9.18 Å². The Kier molecular flexibility index (Phi) is 5.22. The lowest BCUT2D eigenvalue weighted by Gasteiger charge is -2.18. The van der Waals surface area contributed by atoms with Crippen molar-refractivity contribution >= 4 is 29.0 Å². The van der Waals surface area contributed by atoms with E-state index in [4.69, 9.17) is 0 Å². The highest BCUT2D eigenvalue weighted by Gasteiger charge is 2.24. The molecule has 1 aromatic carbocycles. The first-order valence-corrected chi connectivity index (χ1v) is 8.34. The summed E-state index contributed by atoms with van der Waals surface area (Å²) >= 11 is 0. The molecule has 0 unspecified atom stereocenters. The zero-order valence-electron chi connectivity index (χ0n) is 15.1. The zero-order valence-corrected chi connectivity index (χ0v) is 15.1. The molecule has 3 rings (SSSR count). The van der Waals surface area contributed by atoms with Crippen molar-refractivity contribution in [3.63, 3.8) is 0 Å². The van der Waals surface area contributed by atoms with Gasteiger partial charge in [0, 0.05) is 24.4 Å². The summed E-state index contributed by atoms with van der Waals surface area (Å²) in [4.78, 5) is 58.1. The number of anilines is 1. The van der Waals surface area contributed by atoms with Crippen LogP contribution in [0.3, 0.4) is 0 Å². The predicted molar refractivity (Wildman–Crippen MR) is 96.4 cm³/mol. The maximum Gasteiger partial charge on any atom is 0.339 e. The number of Topliss-reactive ketones (excluding diaryl/α,β-unsaturated/α-hetero) is 1. The van der Waals surface area contributed by atoms with Crippen LogP contribution in [0.25, 0.3) is 0 Å². The molecule has 29 heavy (non-hydrogen) atoms. The summed E-state index contributed by atoms with van der Waals surface area (Å²) in [5, 5.41) is 13.6. The first-order valence-electron chi connectivity index (χ1n) is 8.34. The lowest BCUT2D eigenvalue weighted by Crippen LogP contribution is -2.28. The molecule has 0 spiro atoms. The van der Waals surface area contributed by atoms with Gasteiger partial charge in [0.25, 0.3) is 0 Å². The Hall–Kier alpha value is -3.89. The number of carbonyl (C=O) groups excluding carboxylic acids is 3. The smallest absolute Gasteiger partial charge is 0.339 e. The molecule has 1 aliphatic heterocycles. The summed E-state index contributed by atoms with van der Waals surface area (Å²) in [6, 6.07) is 3.03. The van der Waals surface area contributed by atoms with Gasteiger partial charge in [0.05, 0.1) is 29.7 Å². The van der Waals surface area contributed by atoms with E-state index in [9.17, 15) is 33.7 Å². The van der Waals surface area contributed by atoms with E-state index in [2.05, 4.69) is 10.1 Å². The number of ether oxygens (including phenoxy) is 1. The summed E-state index contributed by atoms with van der Waals surface area (Å²) in [5.74, 6) is -2.96. The molecule has 1 aliphatic rings. The summed E-state index contributed by atoms with van der Waals surface area (Å²) in [6.07, 6.45) is 1.43. The van der Waals surface area contributed by atoms with Crippen LogP contribution in [0.15, 0.2) is 29.2 Å². The fourth-order valence-corrected chi connectivity index (χ4v) is 2.95. The Bertz CT molecular complexity index is 1120. The molecule has 0 fully saturated rings. The standard InChI is InChI=1S/C18H14FN3O7/c1-29-18(26)10-5-14(22(27)28)17(25)21(7-10)8-15(23)11-4-9-2-3-16(24)20-13(9)6-12(11)19/h4-7H,2-3,8H2,1H3,(H,20,24). The molecule has 0 atom stereocenters. The van der Waals surface area contributed by atoms with Crippen LogP contribution in [-0.2, 0) is 22.5 Å².